The van der Waals surface area contributed by atoms with E-state index in [1.807, 2.05) is 6.92 Å². The molecule has 22 heavy (non-hydrogen) atoms. The van der Waals surface area contributed by atoms with Crippen molar-refractivity contribution in [2.75, 3.05) is 5.75 Å². The number of sulfone groups is 1. The van der Waals surface area contributed by atoms with Crippen molar-refractivity contribution in [3.8, 4) is 11.4 Å². The molecule has 3 aromatic rings. The maximum atomic E-state index is 11.9. The third-order valence-corrected chi connectivity index (χ3v) is 5.17. The fourth-order valence-corrected chi connectivity index (χ4v) is 3.06. The number of fused-ring (bicyclic) bond motifs is 1. The summed E-state index contributed by atoms with van der Waals surface area (Å²) in [5.41, 5.74) is 2.45. The van der Waals surface area contributed by atoms with Crippen LogP contribution in [0, 0.1) is 6.92 Å². The van der Waals surface area contributed by atoms with E-state index in [0.717, 1.165) is 5.56 Å². The average molecular weight is 317 g/mol. The molecule has 0 saturated heterocycles. The second kappa shape index (κ2) is 5.10. The summed E-state index contributed by atoms with van der Waals surface area (Å²) >= 11 is 0. The Kier molecular flexibility index (Phi) is 3.37. The summed E-state index contributed by atoms with van der Waals surface area (Å²) in [6, 6.07) is 9.77. The fourth-order valence-electron chi connectivity index (χ4n) is 2.16. The number of benzene rings is 2. The molecule has 3 rings (SSSR count). The molecule has 1 heterocycles. The Labute approximate surface area is 127 Å². The zero-order valence-electron chi connectivity index (χ0n) is 12.2. The van der Waals surface area contributed by atoms with Crippen LogP contribution in [0.1, 0.15) is 12.5 Å². The van der Waals surface area contributed by atoms with Crippen molar-refractivity contribution in [3.05, 3.63) is 42.0 Å². The van der Waals surface area contributed by atoms with Crippen molar-refractivity contribution in [3.63, 3.8) is 0 Å². The van der Waals surface area contributed by atoms with Gasteiger partial charge >= 0.3 is 0 Å². The van der Waals surface area contributed by atoms with E-state index in [1.54, 1.807) is 31.2 Å². The quantitative estimate of drug-likeness (QED) is 0.800. The van der Waals surface area contributed by atoms with E-state index in [-0.39, 0.29) is 16.4 Å². The Morgan fingerprint density at radius 3 is 2.55 bits per heavy atom. The molecule has 0 fully saturated rings. The number of aromatic hydroxyl groups is 1. The molecule has 0 aliphatic carbocycles. The van der Waals surface area contributed by atoms with Gasteiger partial charge in [0.2, 0.25) is 0 Å². The molecule has 0 radical (unpaired) electrons. The smallest absolute Gasteiger partial charge is 0.178 e. The molecule has 1 N–H and O–H groups in total. The van der Waals surface area contributed by atoms with Gasteiger partial charge in [-0.15, -0.1) is 15.0 Å². The van der Waals surface area contributed by atoms with Gasteiger partial charge in [0.25, 0.3) is 0 Å². The SMILES string of the molecule is CCS(=O)(=O)c1ccc2nn(-c3cc(C)ccc3O)nc2c1. The maximum absolute atomic E-state index is 11.9. The Hall–Kier alpha value is -2.41. The largest absolute Gasteiger partial charge is 0.506 e. The highest BCUT2D eigenvalue weighted by atomic mass is 32.2. The highest BCUT2D eigenvalue weighted by molar-refractivity contribution is 7.91. The third kappa shape index (κ3) is 2.43. The molecule has 0 spiro atoms. The lowest BCUT2D eigenvalue weighted by molar-refractivity contribution is 0.467. The van der Waals surface area contributed by atoms with Gasteiger partial charge in [0.1, 0.15) is 22.5 Å². The first-order valence-corrected chi connectivity index (χ1v) is 8.46. The van der Waals surface area contributed by atoms with Gasteiger partial charge in [0.05, 0.1) is 10.6 Å². The second-order valence-electron chi connectivity index (χ2n) is 5.04. The lowest BCUT2D eigenvalue weighted by Gasteiger charge is -2.03. The van der Waals surface area contributed by atoms with E-state index in [4.69, 9.17) is 0 Å². The summed E-state index contributed by atoms with van der Waals surface area (Å²) in [6.45, 7) is 3.50. The van der Waals surface area contributed by atoms with Gasteiger partial charge in [0, 0.05) is 0 Å². The van der Waals surface area contributed by atoms with Crippen LogP contribution in [0.2, 0.25) is 0 Å². The van der Waals surface area contributed by atoms with Crippen molar-refractivity contribution in [2.24, 2.45) is 0 Å². The standard InChI is InChI=1S/C15H15N3O3S/c1-3-22(20,21)11-5-6-12-13(9-11)17-18(16-12)14-8-10(2)4-7-15(14)19/h4-9,19H,3H2,1-2H3. The lowest BCUT2D eigenvalue weighted by atomic mass is 10.2. The molecule has 2 aromatic carbocycles. The summed E-state index contributed by atoms with van der Waals surface area (Å²) in [6.07, 6.45) is 0. The second-order valence-corrected chi connectivity index (χ2v) is 7.31. The third-order valence-electron chi connectivity index (χ3n) is 3.44. The van der Waals surface area contributed by atoms with Gasteiger partial charge in [0.15, 0.2) is 9.84 Å². The minimum Gasteiger partial charge on any atom is -0.506 e. The van der Waals surface area contributed by atoms with Crippen molar-refractivity contribution >= 4 is 20.9 Å². The molecule has 114 valence electrons. The highest BCUT2D eigenvalue weighted by Crippen LogP contribution is 2.24. The molecule has 0 bridgehead atoms. The van der Waals surface area contributed by atoms with E-state index in [1.165, 1.54) is 16.9 Å². The first-order chi connectivity index (χ1) is 10.4. The summed E-state index contributed by atoms with van der Waals surface area (Å²) in [4.78, 5) is 1.54. The summed E-state index contributed by atoms with van der Waals surface area (Å²) in [5.74, 6) is 0.0954. The molecule has 0 saturated carbocycles. The maximum Gasteiger partial charge on any atom is 0.178 e. The Morgan fingerprint density at radius 1 is 1.09 bits per heavy atom. The molecule has 0 unspecified atom stereocenters. The summed E-state index contributed by atoms with van der Waals surface area (Å²) in [7, 11) is -3.29. The van der Waals surface area contributed by atoms with Crippen LogP contribution < -0.4 is 0 Å². The van der Waals surface area contributed by atoms with Crippen LogP contribution in [0.25, 0.3) is 16.7 Å². The number of phenols is 1. The van der Waals surface area contributed by atoms with E-state index in [2.05, 4.69) is 10.2 Å². The molecule has 6 nitrogen and oxygen atoms in total. The van der Waals surface area contributed by atoms with Crippen LogP contribution in [0.4, 0.5) is 0 Å². The number of aromatic nitrogens is 3. The van der Waals surface area contributed by atoms with Crippen LogP contribution in [-0.2, 0) is 9.84 Å². The number of hydrogen-bond donors (Lipinski definition) is 1. The van der Waals surface area contributed by atoms with E-state index < -0.39 is 9.84 Å². The van der Waals surface area contributed by atoms with Crippen LogP contribution >= 0.6 is 0 Å². The average Bonchev–Trinajstić information content (AvgIpc) is 2.92. The molecular weight excluding hydrogens is 302 g/mol. The molecule has 1 aromatic heterocycles. The number of nitrogens with zero attached hydrogens (tertiary/aromatic N) is 3. The minimum atomic E-state index is -3.29. The lowest BCUT2D eigenvalue weighted by Crippen LogP contribution is -2.03. The van der Waals surface area contributed by atoms with Gasteiger partial charge < -0.3 is 5.11 Å². The Bertz CT molecular complexity index is 961. The van der Waals surface area contributed by atoms with Gasteiger partial charge in [-0.1, -0.05) is 13.0 Å². The van der Waals surface area contributed by atoms with Gasteiger partial charge in [-0.05, 0) is 42.8 Å². The van der Waals surface area contributed by atoms with Crippen LogP contribution in [0.15, 0.2) is 41.3 Å². The van der Waals surface area contributed by atoms with Crippen molar-refractivity contribution in [1.29, 1.82) is 0 Å². The number of aryl methyl sites for hydroxylation is 1. The van der Waals surface area contributed by atoms with E-state index in [9.17, 15) is 13.5 Å². The van der Waals surface area contributed by atoms with E-state index >= 15 is 0 Å². The van der Waals surface area contributed by atoms with Crippen LogP contribution in [0.5, 0.6) is 5.75 Å². The number of hydrogen-bond acceptors (Lipinski definition) is 5. The zero-order valence-corrected chi connectivity index (χ0v) is 13.0. The van der Waals surface area contributed by atoms with Crippen molar-refractivity contribution in [2.45, 2.75) is 18.7 Å². The highest BCUT2D eigenvalue weighted by Gasteiger charge is 2.15. The first kappa shape index (κ1) is 14.5. The molecule has 0 atom stereocenters. The van der Waals surface area contributed by atoms with Crippen molar-refractivity contribution < 1.29 is 13.5 Å². The number of rotatable bonds is 3. The predicted octanol–water partition coefficient (Wildman–Crippen LogP) is 2.23. The Balaban J connectivity index is 2.16. The van der Waals surface area contributed by atoms with Crippen LogP contribution in [0.3, 0.4) is 0 Å². The fraction of sp³-hybridized carbons (Fsp3) is 0.200. The van der Waals surface area contributed by atoms with E-state index in [0.29, 0.717) is 16.7 Å². The normalized spacial score (nSPS) is 11.9. The zero-order chi connectivity index (χ0) is 15.9. The van der Waals surface area contributed by atoms with Crippen LogP contribution in [-0.4, -0.2) is 34.3 Å². The minimum absolute atomic E-state index is 0.0330. The van der Waals surface area contributed by atoms with Gasteiger partial charge in [-0.25, -0.2) is 8.42 Å². The summed E-state index contributed by atoms with van der Waals surface area (Å²) < 4.78 is 23.9. The van der Waals surface area contributed by atoms with Crippen molar-refractivity contribution in [1.82, 2.24) is 15.0 Å². The first-order valence-electron chi connectivity index (χ1n) is 6.80. The molecule has 0 aliphatic rings. The number of phenolic OH excluding ortho intramolecular Hbond substituents is 1. The summed E-state index contributed by atoms with van der Waals surface area (Å²) in [5, 5.41) is 18.5. The van der Waals surface area contributed by atoms with Gasteiger partial charge in [-0.3, -0.25) is 0 Å². The topological polar surface area (TPSA) is 85.1 Å². The monoisotopic (exact) mass is 317 g/mol. The Morgan fingerprint density at radius 2 is 1.82 bits per heavy atom. The molecular formula is C15H15N3O3S. The van der Waals surface area contributed by atoms with Gasteiger partial charge in [-0.2, -0.15) is 0 Å². The molecule has 0 amide bonds. The predicted molar refractivity (Wildman–Crippen MR) is 83.0 cm³/mol. The molecule has 7 heteroatoms. The molecule has 0 aliphatic heterocycles.